The van der Waals surface area contributed by atoms with E-state index in [0.29, 0.717) is 0 Å². The van der Waals surface area contributed by atoms with Gasteiger partial charge in [0.05, 0.1) is 11.6 Å². The standard InChI is InChI=1S/C9H8Cl2N2O2S/c1-3-4-13(2)16(14,15)7-5-8(10)9(11)12-6-7/h1,5-6H,4H2,2H3. The summed E-state index contributed by atoms with van der Waals surface area (Å²) in [4.78, 5) is 3.62. The van der Waals surface area contributed by atoms with Crippen molar-refractivity contribution in [1.82, 2.24) is 9.29 Å². The van der Waals surface area contributed by atoms with Gasteiger partial charge in [0.1, 0.15) is 10.0 Å². The predicted octanol–water partition coefficient (Wildman–Crippen LogP) is 1.64. The first-order valence-electron chi connectivity index (χ1n) is 4.10. The molecule has 4 nitrogen and oxygen atoms in total. The maximum atomic E-state index is 11.9. The number of sulfonamides is 1. The van der Waals surface area contributed by atoms with Gasteiger partial charge in [-0.25, -0.2) is 13.4 Å². The third kappa shape index (κ3) is 2.66. The van der Waals surface area contributed by atoms with Gasteiger partial charge in [0.25, 0.3) is 0 Å². The van der Waals surface area contributed by atoms with Crippen molar-refractivity contribution in [3.8, 4) is 12.3 Å². The molecule has 0 aliphatic carbocycles. The summed E-state index contributed by atoms with van der Waals surface area (Å²) in [6.07, 6.45) is 6.17. The SMILES string of the molecule is C#CCN(C)S(=O)(=O)c1cnc(Cl)c(Cl)c1. The smallest absolute Gasteiger partial charge is 0.242 e. The molecule has 1 aromatic heterocycles. The summed E-state index contributed by atoms with van der Waals surface area (Å²) in [5, 5.41) is 0.136. The van der Waals surface area contributed by atoms with Gasteiger partial charge in [-0.15, -0.1) is 6.42 Å². The van der Waals surface area contributed by atoms with Crippen LogP contribution in [0.5, 0.6) is 0 Å². The fourth-order valence-electron chi connectivity index (χ4n) is 0.938. The molecule has 0 aliphatic heterocycles. The molecule has 0 unspecified atom stereocenters. The Labute approximate surface area is 104 Å². The van der Waals surface area contributed by atoms with Crippen molar-refractivity contribution in [1.29, 1.82) is 0 Å². The Bertz CT molecular complexity index is 537. The fourth-order valence-corrected chi connectivity index (χ4v) is 2.33. The van der Waals surface area contributed by atoms with Crippen LogP contribution in [0.15, 0.2) is 17.2 Å². The van der Waals surface area contributed by atoms with Gasteiger partial charge in [-0.3, -0.25) is 0 Å². The first-order chi connectivity index (χ1) is 7.39. The number of pyridine rings is 1. The van der Waals surface area contributed by atoms with Crippen molar-refractivity contribution in [3.05, 3.63) is 22.4 Å². The van der Waals surface area contributed by atoms with Crippen LogP contribution in [0.3, 0.4) is 0 Å². The number of halogens is 2. The third-order valence-electron chi connectivity index (χ3n) is 1.79. The minimum atomic E-state index is -3.66. The van der Waals surface area contributed by atoms with Crippen LogP contribution >= 0.6 is 23.2 Å². The molecule has 0 saturated heterocycles. The van der Waals surface area contributed by atoms with Crippen molar-refractivity contribution in [2.24, 2.45) is 0 Å². The zero-order valence-electron chi connectivity index (χ0n) is 8.31. The normalized spacial score (nSPS) is 11.4. The highest BCUT2D eigenvalue weighted by Crippen LogP contribution is 2.23. The van der Waals surface area contributed by atoms with Crippen LogP contribution in [0.4, 0.5) is 0 Å². The summed E-state index contributed by atoms with van der Waals surface area (Å²) in [7, 11) is -2.28. The Kier molecular flexibility index (Phi) is 4.16. The van der Waals surface area contributed by atoms with E-state index < -0.39 is 10.0 Å². The predicted molar refractivity (Wildman–Crippen MR) is 62.9 cm³/mol. The van der Waals surface area contributed by atoms with Crippen LogP contribution in [0.25, 0.3) is 0 Å². The highest BCUT2D eigenvalue weighted by atomic mass is 35.5. The molecule has 0 atom stereocenters. The van der Waals surface area contributed by atoms with Gasteiger partial charge in [-0.05, 0) is 6.07 Å². The minimum Gasteiger partial charge on any atom is -0.242 e. The van der Waals surface area contributed by atoms with Crippen LogP contribution in [0.1, 0.15) is 0 Å². The van der Waals surface area contributed by atoms with E-state index in [-0.39, 0.29) is 21.6 Å². The Morgan fingerprint density at radius 1 is 1.56 bits per heavy atom. The van der Waals surface area contributed by atoms with Crippen molar-refractivity contribution in [3.63, 3.8) is 0 Å². The average Bonchev–Trinajstić information content (AvgIpc) is 2.22. The number of rotatable bonds is 3. The molecule has 0 fully saturated rings. The average molecular weight is 279 g/mol. The second-order valence-corrected chi connectivity index (χ2v) is 5.72. The molecule has 1 rings (SSSR count). The lowest BCUT2D eigenvalue weighted by Crippen LogP contribution is -2.27. The summed E-state index contributed by atoms with van der Waals surface area (Å²) >= 11 is 11.3. The Morgan fingerprint density at radius 3 is 2.69 bits per heavy atom. The lowest BCUT2D eigenvalue weighted by Gasteiger charge is -2.14. The van der Waals surface area contributed by atoms with Crippen LogP contribution in [-0.4, -0.2) is 31.3 Å². The zero-order valence-corrected chi connectivity index (χ0v) is 10.6. The van der Waals surface area contributed by atoms with E-state index in [1.807, 2.05) is 0 Å². The Morgan fingerprint density at radius 2 is 2.19 bits per heavy atom. The fraction of sp³-hybridized carbons (Fsp3) is 0.222. The van der Waals surface area contributed by atoms with Gasteiger partial charge in [-0.2, -0.15) is 4.31 Å². The molecule has 0 radical (unpaired) electrons. The summed E-state index contributed by atoms with van der Waals surface area (Å²) in [6.45, 7) is -0.0252. The first kappa shape index (κ1) is 13.3. The molecular weight excluding hydrogens is 271 g/mol. The van der Waals surface area contributed by atoms with Gasteiger partial charge in [0.2, 0.25) is 10.0 Å². The van der Waals surface area contributed by atoms with Crippen molar-refractivity contribution in [2.75, 3.05) is 13.6 Å². The minimum absolute atomic E-state index is 0.0252. The Balaban J connectivity index is 3.18. The van der Waals surface area contributed by atoms with Crippen LogP contribution in [-0.2, 0) is 10.0 Å². The van der Waals surface area contributed by atoms with E-state index in [0.717, 1.165) is 10.5 Å². The highest BCUT2D eigenvalue weighted by molar-refractivity contribution is 7.89. The molecular formula is C9H8Cl2N2O2S. The van der Waals surface area contributed by atoms with Gasteiger partial charge in [-0.1, -0.05) is 29.1 Å². The molecule has 0 aliphatic rings. The lowest BCUT2D eigenvalue weighted by atomic mass is 10.5. The number of nitrogens with zero attached hydrogens (tertiary/aromatic N) is 2. The molecule has 1 aromatic rings. The van der Waals surface area contributed by atoms with Crippen molar-refractivity contribution >= 4 is 33.2 Å². The van der Waals surface area contributed by atoms with Crippen molar-refractivity contribution < 1.29 is 8.42 Å². The van der Waals surface area contributed by atoms with Gasteiger partial charge >= 0.3 is 0 Å². The monoisotopic (exact) mass is 278 g/mol. The number of hydrogen-bond acceptors (Lipinski definition) is 3. The highest BCUT2D eigenvalue weighted by Gasteiger charge is 2.21. The van der Waals surface area contributed by atoms with Crippen LogP contribution < -0.4 is 0 Å². The van der Waals surface area contributed by atoms with E-state index >= 15 is 0 Å². The summed E-state index contributed by atoms with van der Waals surface area (Å²) < 4.78 is 24.8. The van der Waals surface area contributed by atoms with Gasteiger partial charge in [0.15, 0.2) is 0 Å². The second kappa shape index (κ2) is 5.02. The maximum Gasteiger partial charge on any atom is 0.245 e. The third-order valence-corrected chi connectivity index (χ3v) is 4.25. The van der Waals surface area contributed by atoms with E-state index in [1.54, 1.807) is 0 Å². The molecule has 86 valence electrons. The molecule has 0 N–H and O–H groups in total. The largest absolute Gasteiger partial charge is 0.245 e. The van der Waals surface area contributed by atoms with Crippen LogP contribution in [0, 0.1) is 12.3 Å². The number of hydrogen-bond donors (Lipinski definition) is 0. The van der Waals surface area contributed by atoms with Crippen molar-refractivity contribution in [2.45, 2.75) is 4.90 Å². The molecule has 0 amide bonds. The second-order valence-electron chi connectivity index (χ2n) is 2.91. The molecule has 0 spiro atoms. The van der Waals surface area contributed by atoms with E-state index in [2.05, 4.69) is 10.9 Å². The van der Waals surface area contributed by atoms with E-state index in [4.69, 9.17) is 29.6 Å². The quantitative estimate of drug-likeness (QED) is 0.624. The zero-order chi connectivity index (χ0) is 12.3. The molecule has 0 saturated carbocycles. The molecule has 0 bridgehead atoms. The summed E-state index contributed by atoms with van der Waals surface area (Å²) in [5.41, 5.74) is 0. The number of aromatic nitrogens is 1. The maximum absolute atomic E-state index is 11.9. The van der Waals surface area contributed by atoms with E-state index in [9.17, 15) is 8.42 Å². The first-order valence-corrected chi connectivity index (χ1v) is 6.30. The van der Waals surface area contributed by atoms with E-state index in [1.165, 1.54) is 13.1 Å². The molecule has 16 heavy (non-hydrogen) atoms. The van der Waals surface area contributed by atoms with Crippen LogP contribution in [0.2, 0.25) is 10.2 Å². The van der Waals surface area contributed by atoms with Gasteiger partial charge < -0.3 is 0 Å². The number of terminal acetylenes is 1. The lowest BCUT2D eigenvalue weighted by molar-refractivity contribution is 0.502. The summed E-state index contributed by atoms with van der Waals surface area (Å²) in [6, 6.07) is 1.24. The van der Waals surface area contributed by atoms with Gasteiger partial charge in [0, 0.05) is 13.2 Å². The Hall–Kier alpha value is -0.800. The molecule has 1 heterocycles. The molecule has 7 heteroatoms. The molecule has 0 aromatic carbocycles. The summed E-state index contributed by atoms with van der Waals surface area (Å²) in [5.74, 6) is 2.24. The topological polar surface area (TPSA) is 50.3 Å².